The van der Waals surface area contributed by atoms with Gasteiger partial charge in [0.2, 0.25) is 0 Å². The number of amides is 1. The molecule has 1 amide bonds. The standard InChI is InChI=1S/C28H19Cl2F2NO4/c29-21-13-18(5-8-23(21)31)16-3-1-15(2-4-16)11-25(28(36)37)33-27(35)20-12-17(7-10-26(20)34)19-6-9-24(32)22(30)14-19/h1-10,12-14,25,34H,11H2,(H,33,35)(H,36,37)/t25-/m0/s1. The van der Waals surface area contributed by atoms with Crippen molar-refractivity contribution in [2.75, 3.05) is 0 Å². The highest BCUT2D eigenvalue weighted by Gasteiger charge is 2.23. The summed E-state index contributed by atoms with van der Waals surface area (Å²) >= 11 is 11.7. The molecule has 4 aromatic carbocycles. The van der Waals surface area contributed by atoms with Crippen LogP contribution in [0.5, 0.6) is 5.75 Å². The zero-order chi connectivity index (χ0) is 26.7. The normalized spacial score (nSPS) is 11.7. The van der Waals surface area contributed by atoms with Crippen molar-refractivity contribution in [3.8, 4) is 28.0 Å². The number of phenolic OH excluding ortho intramolecular Hbond substituents is 1. The quantitative estimate of drug-likeness (QED) is 0.242. The monoisotopic (exact) mass is 541 g/mol. The van der Waals surface area contributed by atoms with Gasteiger partial charge in [-0.2, -0.15) is 0 Å². The van der Waals surface area contributed by atoms with Crippen LogP contribution in [0.2, 0.25) is 10.0 Å². The fourth-order valence-corrected chi connectivity index (χ4v) is 4.12. The van der Waals surface area contributed by atoms with Crippen LogP contribution < -0.4 is 5.32 Å². The summed E-state index contributed by atoms with van der Waals surface area (Å²) in [5, 5.41) is 22.3. The van der Waals surface area contributed by atoms with E-state index in [1.54, 1.807) is 30.3 Å². The number of rotatable bonds is 7. The second-order valence-corrected chi connectivity index (χ2v) is 9.07. The zero-order valence-electron chi connectivity index (χ0n) is 19.0. The molecule has 0 aliphatic rings. The van der Waals surface area contributed by atoms with E-state index in [1.165, 1.54) is 48.5 Å². The molecular formula is C28H19Cl2F2NO4. The lowest BCUT2D eigenvalue weighted by molar-refractivity contribution is -0.139. The summed E-state index contributed by atoms with van der Waals surface area (Å²) in [5.41, 5.74) is 2.92. The molecule has 3 N–H and O–H groups in total. The topological polar surface area (TPSA) is 86.6 Å². The maximum absolute atomic E-state index is 13.5. The van der Waals surface area contributed by atoms with E-state index in [0.717, 1.165) is 5.56 Å². The molecule has 0 aromatic heterocycles. The number of halogens is 4. The second-order valence-electron chi connectivity index (χ2n) is 8.26. The summed E-state index contributed by atoms with van der Waals surface area (Å²) in [6.45, 7) is 0. The molecule has 188 valence electrons. The van der Waals surface area contributed by atoms with Crippen molar-refractivity contribution in [1.82, 2.24) is 5.32 Å². The summed E-state index contributed by atoms with van der Waals surface area (Å²) in [4.78, 5) is 24.8. The average Bonchev–Trinajstić information content (AvgIpc) is 2.87. The first kappa shape index (κ1) is 26.1. The Hall–Kier alpha value is -3.94. The number of aromatic hydroxyl groups is 1. The highest BCUT2D eigenvalue weighted by molar-refractivity contribution is 6.31. The molecule has 0 unspecified atom stereocenters. The molecule has 0 bridgehead atoms. The van der Waals surface area contributed by atoms with Gasteiger partial charge in [0, 0.05) is 6.42 Å². The summed E-state index contributed by atoms with van der Waals surface area (Å²) in [6, 6.07) is 18.1. The van der Waals surface area contributed by atoms with E-state index in [1.807, 2.05) is 0 Å². The van der Waals surface area contributed by atoms with Gasteiger partial charge in [-0.3, -0.25) is 4.79 Å². The minimum absolute atomic E-state index is 0.00919. The van der Waals surface area contributed by atoms with Crippen molar-refractivity contribution >= 4 is 35.1 Å². The number of benzene rings is 4. The Balaban J connectivity index is 1.51. The van der Waals surface area contributed by atoms with Gasteiger partial charge in [0.25, 0.3) is 5.91 Å². The fraction of sp³-hybridized carbons (Fsp3) is 0.0714. The Morgan fingerprint density at radius 1 is 0.757 bits per heavy atom. The van der Waals surface area contributed by atoms with Gasteiger partial charge in [-0.05, 0) is 64.2 Å². The van der Waals surface area contributed by atoms with Crippen molar-refractivity contribution in [3.05, 3.63) is 112 Å². The van der Waals surface area contributed by atoms with Gasteiger partial charge in [-0.1, -0.05) is 65.7 Å². The Kier molecular flexibility index (Phi) is 7.76. The molecule has 0 saturated carbocycles. The number of hydrogen-bond donors (Lipinski definition) is 3. The van der Waals surface area contributed by atoms with E-state index < -0.39 is 29.6 Å². The summed E-state index contributed by atoms with van der Waals surface area (Å²) in [5.74, 6) is -3.52. The van der Waals surface area contributed by atoms with Crippen LogP contribution in [0, 0.1) is 11.6 Å². The number of nitrogens with one attached hydrogen (secondary N) is 1. The van der Waals surface area contributed by atoms with Gasteiger partial charge in [0.05, 0.1) is 15.6 Å². The number of carbonyl (C=O) groups excluding carboxylic acids is 1. The Bertz CT molecular complexity index is 1490. The van der Waals surface area contributed by atoms with E-state index in [-0.39, 0.29) is 27.8 Å². The smallest absolute Gasteiger partial charge is 0.326 e. The molecule has 37 heavy (non-hydrogen) atoms. The lowest BCUT2D eigenvalue weighted by Crippen LogP contribution is -2.42. The van der Waals surface area contributed by atoms with Crippen LogP contribution in [0.1, 0.15) is 15.9 Å². The predicted octanol–water partition coefficient (Wildman–Crippen LogP) is 6.74. The first-order chi connectivity index (χ1) is 17.6. The van der Waals surface area contributed by atoms with E-state index in [0.29, 0.717) is 22.3 Å². The predicted molar refractivity (Wildman–Crippen MR) is 138 cm³/mol. The van der Waals surface area contributed by atoms with E-state index >= 15 is 0 Å². The number of carboxylic acids is 1. The first-order valence-corrected chi connectivity index (χ1v) is 11.7. The lowest BCUT2D eigenvalue weighted by atomic mass is 9.99. The number of aliphatic carboxylic acids is 1. The SMILES string of the molecule is O=C(N[C@@H](Cc1ccc(-c2ccc(F)c(Cl)c2)cc1)C(=O)O)c1cc(-c2ccc(F)c(Cl)c2)ccc1O. The zero-order valence-corrected chi connectivity index (χ0v) is 20.5. The minimum Gasteiger partial charge on any atom is -0.507 e. The Labute approximate surface area is 220 Å². The number of phenols is 1. The third kappa shape index (κ3) is 6.07. The van der Waals surface area contributed by atoms with Crippen LogP contribution in [0.4, 0.5) is 8.78 Å². The summed E-state index contributed by atoms with van der Waals surface area (Å²) < 4.78 is 26.9. The number of carboxylic acid groups (broad SMARTS) is 1. The highest BCUT2D eigenvalue weighted by atomic mass is 35.5. The van der Waals surface area contributed by atoms with Crippen molar-refractivity contribution in [2.24, 2.45) is 0 Å². The lowest BCUT2D eigenvalue weighted by Gasteiger charge is -2.16. The van der Waals surface area contributed by atoms with Crippen LogP contribution in [-0.2, 0) is 11.2 Å². The molecule has 0 radical (unpaired) electrons. The molecule has 0 spiro atoms. The van der Waals surface area contributed by atoms with Gasteiger partial charge >= 0.3 is 5.97 Å². The molecule has 0 heterocycles. The summed E-state index contributed by atoms with van der Waals surface area (Å²) in [6.07, 6.45) is -0.0282. The number of carbonyl (C=O) groups is 2. The van der Waals surface area contributed by atoms with Crippen molar-refractivity contribution in [1.29, 1.82) is 0 Å². The molecule has 0 saturated heterocycles. The minimum atomic E-state index is -1.29. The molecule has 0 aliphatic carbocycles. The third-order valence-electron chi connectivity index (χ3n) is 5.74. The van der Waals surface area contributed by atoms with Crippen LogP contribution in [0.3, 0.4) is 0 Å². The third-order valence-corrected chi connectivity index (χ3v) is 6.32. The first-order valence-electron chi connectivity index (χ1n) is 11.0. The second kappa shape index (κ2) is 11.0. The van der Waals surface area contributed by atoms with Gasteiger partial charge < -0.3 is 15.5 Å². The van der Waals surface area contributed by atoms with Gasteiger partial charge in [-0.15, -0.1) is 0 Å². The molecule has 4 aromatic rings. The van der Waals surface area contributed by atoms with E-state index in [2.05, 4.69) is 5.32 Å². The van der Waals surface area contributed by atoms with Gasteiger partial charge in [-0.25, -0.2) is 13.6 Å². The van der Waals surface area contributed by atoms with Crippen LogP contribution >= 0.6 is 23.2 Å². The number of hydrogen-bond acceptors (Lipinski definition) is 3. The molecule has 4 rings (SSSR count). The molecule has 0 aliphatic heterocycles. The average molecular weight is 542 g/mol. The van der Waals surface area contributed by atoms with Crippen molar-refractivity contribution < 1.29 is 28.6 Å². The van der Waals surface area contributed by atoms with Crippen molar-refractivity contribution in [3.63, 3.8) is 0 Å². The highest BCUT2D eigenvalue weighted by Crippen LogP contribution is 2.29. The van der Waals surface area contributed by atoms with E-state index in [9.17, 15) is 28.6 Å². The van der Waals surface area contributed by atoms with Gasteiger partial charge in [0.15, 0.2) is 0 Å². The molecule has 1 atom stereocenters. The van der Waals surface area contributed by atoms with Crippen molar-refractivity contribution in [2.45, 2.75) is 12.5 Å². The maximum atomic E-state index is 13.5. The molecule has 0 fully saturated rings. The molecular weight excluding hydrogens is 523 g/mol. The van der Waals surface area contributed by atoms with Crippen LogP contribution in [0.25, 0.3) is 22.3 Å². The Morgan fingerprint density at radius 3 is 1.78 bits per heavy atom. The fourth-order valence-electron chi connectivity index (χ4n) is 3.75. The van der Waals surface area contributed by atoms with Crippen LogP contribution in [-0.4, -0.2) is 28.1 Å². The molecule has 9 heteroatoms. The van der Waals surface area contributed by atoms with Crippen LogP contribution in [0.15, 0.2) is 78.9 Å². The summed E-state index contributed by atoms with van der Waals surface area (Å²) in [7, 11) is 0. The molecule has 5 nitrogen and oxygen atoms in total. The largest absolute Gasteiger partial charge is 0.507 e. The maximum Gasteiger partial charge on any atom is 0.326 e. The Morgan fingerprint density at radius 2 is 1.24 bits per heavy atom. The van der Waals surface area contributed by atoms with E-state index in [4.69, 9.17) is 23.2 Å². The van der Waals surface area contributed by atoms with Gasteiger partial charge in [0.1, 0.15) is 23.4 Å².